The number of fused-ring (bicyclic) bond motifs is 2. The number of aliphatic carboxylic acids is 1. The molecule has 0 spiro atoms. The Morgan fingerprint density at radius 2 is 2.06 bits per heavy atom. The molecule has 0 radical (unpaired) electrons. The summed E-state index contributed by atoms with van der Waals surface area (Å²) in [5, 5.41) is 9.49. The fraction of sp³-hybridized carbons (Fsp3) is 0.833. The molecule has 18 heavy (non-hydrogen) atoms. The van der Waals surface area contributed by atoms with E-state index < -0.39 is 25.1 Å². The van der Waals surface area contributed by atoms with Gasteiger partial charge in [-0.2, -0.15) is 0 Å². The molecule has 1 saturated carbocycles. The van der Waals surface area contributed by atoms with Crippen LogP contribution < -0.4 is 0 Å². The third-order valence-electron chi connectivity index (χ3n) is 3.76. The van der Waals surface area contributed by atoms with Crippen LogP contribution in [0.25, 0.3) is 0 Å². The van der Waals surface area contributed by atoms with Crippen LogP contribution in [-0.4, -0.2) is 54.1 Å². The minimum atomic E-state index is -1.70. The number of amides is 1. The monoisotopic (exact) mass is 274 g/mol. The highest BCUT2D eigenvalue weighted by Gasteiger charge is 2.56. The Labute approximate surface area is 108 Å². The van der Waals surface area contributed by atoms with Crippen LogP contribution in [0.5, 0.6) is 0 Å². The molecule has 102 valence electrons. The lowest BCUT2D eigenvalue weighted by Crippen LogP contribution is -2.53. The van der Waals surface area contributed by atoms with Gasteiger partial charge in [-0.25, -0.2) is 9.59 Å². The van der Waals surface area contributed by atoms with E-state index in [0.29, 0.717) is 25.3 Å². The highest BCUT2D eigenvalue weighted by Crippen LogP contribution is 2.51. The first-order valence-electron chi connectivity index (χ1n) is 6.31. The van der Waals surface area contributed by atoms with Crippen molar-refractivity contribution in [2.24, 2.45) is 5.92 Å². The summed E-state index contributed by atoms with van der Waals surface area (Å²) < 4.78 is 5.44. The molecular formula is C12H21NO4P+. The average molecular weight is 274 g/mol. The number of carbonyl (C=O) groups excluding carboxylic acids is 1. The second-order valence-corrected chi connectivity index (χ2v) is 10.1. The van der Waals surface area contributed by atoms with Crippen LogP contribution >= 0.6 is 7.49 Å². The summed E-state index contributed by atoms with van der Waals surface area (Å²) in [6.07, 6.45) is 2.59. The fourth-order valence-corrected chi connectivity index (χ4v) is 3.61. The quantitative estimate of drug-likeness (QED) is 0.784. The maximum atomic E-state index is 12.2. The molecule has 1 amide bonds. The predicted octanol–water partition coefficient (Wildman–Crippen LogP) is 2.27. The highest BCUT2D eigenvalue weighted by atomic mass is 31.2. The Balaban J connectivity index is 2.21. The molecule has 2 bridgehead atoms. The molecule has 0 aromatic heterocycles. The van der Waals surface area contributed by atoms with Crippen molar-refractivity contribution in [3.8, 4) is 0 Å². The third kappa shape index (κ3) is 2.33. The summed E-state index contributed by atoms with van der Waals surface area (Å²) in [5.41, 5.74) is -1.00. The molecule has 0 aromatic carbocycles. The molecule has 2 rings (SSSR count). The Kier molecular flexibility index (Phi) is 3.30. The lowest BCUT2D eigenvalue weighted by atomic mass is 9.80. The minimum Gasteiger partial charge on any atom is -0.479 e. The second kappa shape index (κ2) is 4.37. The number of likely N-dealkylation sites (tertiary alicyclic amines) is 1. The van der Waals surface area contributed by atoms with Crippen molar-refractivity contribution in [2.45, 2.75) is 31.2 Å². The van der Waals surface area contributed by atoms with Crippen LogP contribution in [-0.2, 0) is 9.32 Å². The zero-order valence-electron chi connectivity index (χ0n) is 11.2. The minimum absolute atomic E-state index is 0.320. The van der Waals surface area contributed by atoms with Gasteiger partial charge >= 0.3 is 12.1 Å². The molecule has 2 atom stereocenters. The number of rotatable bonds is 2. The molecule has 6 heteroatoms. The van der Waals surface area contributed by atoms with E-state index in [9.17, 15) is 14.7 Å². The fourth-order valence-electron chi connectivity index (χ4n) is 3.04. The van der Waals surface area contributed by atoms with Crippen LogP contribution in [0.4, 0.5) is 4.79 Å². The Hall–Kier alpha value is -0.830. The third-order valence-corrected chi connectivity index (χ3v) is 4.46. The number of nitrogens with zero attached hydrogens (tertiary/aromatic N) is 1. The van der Waals surface area contributed by atoms with Crippen LogP contribution in [0, 0.1) is 5.92 Å². The van der Waals surface area contributed by atoms with Crippen LogP contribution in [0.15, 0.2) is 0 Å². The van der Waals surface area contributed by atoms with Gasteiger partial charge in [0.05, 0.1) is 20.0 Å². The van der Waals surface area contributed by atoms with Gasteiger partial charge in [0.2, 0.25) is 0 Å². The van der Waals surface area contributed by atoms with Crippen LogP contribution in [0.3, 0.4) is 0 Å². The van der Waals surface area contributed by atoms with Gasteiger partial charge in [0, 0.05) is 6.54 Å². The van der Waals surface area contributed by atoms with Gasteiger partial charge in [0.25, 0.3) is 0 Å². The SMILES string of the molecule is C[P+](C)(C)OC(=O)N1CC2CCC[C@]1(C(=O)O)C2. The summed E-state index contributed by atoms with van der Waals surface area (Å²) in [7, 11) is -1.70. The normalized spacial score (nSPS) is 31.3. The summed E-state index contributed by atoms with van der Waals surface area (Å²) >= 11 is 0. The molecule has 1 aliphatic heterocycles. The van der Waals surface area contributed by atoms with Crippen molar-refractivity contribution in [2.75, 3.05) is 26.5 Å². The maximum Gasteiger partial charge on any atom is 0.448 e. The molecule has 2 aliphatic rings. The first-order chi connectivity index (χ1) is 8.24. The molecule has 1 heterocycles. The van der Waals surface area contributed by atoms with Crippen molar-refractivity contribution >= 4 is 19.6 Å². The Morgan fingerprint density at radius 1 is 1.39 bits per heavy atom. The van der Waals surface area contributed by atoms with Gasteiger partial charge in [-0.15, -0.1) is 0 Å². The number of hydrogen-bond acceptors (Lipinski definition) is 3. The van der Waals surface area contributed by atoms with E-state index in [1.165, 1.54) is 4.90 Å². The molecule has 1 aliphatic carbocycles. The van der Waals surface area contributed by atoms with E-state index in [1.807, 2.05) is 20.0 Å². The largest absolute Gasteiger partial charge is 0.479 e. The lowest BCUT2D eigenvalue weighted by Gasteiger charge is -2.34. The molecular weight excluding hydrogens is 253 g/mol. The number of carboxylic acid groups (broad SMARTS) is 1. The average Bonchev–Trinajstić information content (AvgIpc) is 2.49. The molecule has 1 unspecified atom stereocenters. The first kappa shape index (κ1) is 13.6. The van der Waals surface area contributed by atoms with Gasteiger partial charge in [-0.05, 0) is 25.2 Å². The van der Waals surface area contributed by atoms with E-state index in [2.05, 4.69) is 0 Å². The molecule has 5 nitrogen and oxygen atoms in total. The predicted molar refractivity (Wildman–Crippen MR) is 70.2 cm³/mol. The van der Waals surface area contributed by atoms with Crippen molar-refractivity contribution in [1.82, 2.24) is 4.90 Å². The lowest BCUT2D eigenvalue weighted by molar-refractivity contribution is -0.149. The van der Waals surface area contributed by atoms with Crippen LogP contribution in [0.1, 0.15) is 25.7 Å². The van der Waals surface area contributed by atoms with E-state index >= 15 is 0 Å². The van der Waals surface area contributed by atoms with Gasteiger partial charge in [0.1, 0.15) is 5.54 Å². The molecule has 1 saturated heterocycles. The van der Waals surface area contributed by atoms with Gasteiger partial charge in [-0.1, -0.05) is 6.42 Å². The summed E-state index contributed by atoms with van der Waals surface area (Å²) in [6.45, 7) is 6.24. The summed E-state index contributed by atoms with van der Waals surface area (Å²) in [5.74, 6) is -0.561. The zero-order valence-corrected chi connectivity index (χ0v) is 12.1. The molecule has 1 N–H and O–H groups in total. The van der Waals surface area contributed by atoms with Crippen molar-refractivity contribution < 1.29 is 19.2 Å². The zero-order chi connectivity index (χ0) is 13.6. The van der Waals surface area contributed by atoms with E-state index in [4.69, 9.17) is 4.52 Å². The smallest absolute Gasteiger partial charge is 0.448 e. The maximum absolute atomic E-state index is 12.2. The Morgan fingerprint density at radius 3 is 2.61 bits per heavy atom. The van der Waals surface area contributed by atoms with Gasteiger partial charge in [0.15, 0.2) is 7.49 Å². The van der Waals surface area contributed by atoms with Crippen molar-refractivity contribution in [3.05, 3.63) is 0 Å². The summed E-state index contributed by atoms with van der Waals surface area (Å²) in [4.78, 5) is 25.2. The molecule has 2 fully saturated rings. The number of carboxylic acids is 1. The summed E-state index contributed by atoms with van der Waals surface area (Å²) in [6, 6.07) is 0. The number of carbonyl (C=O) groups is 2. The van der Waals surface area contributed by atoms with Crippen molar-refractivity contribution in [1.29, 1.82) is 0 Å². The Bertz CT molecular complexity index is 379. The van der Waals surface area contributed by atoms with E-state index in [0.717, 1.165) is 12.8 Å². The van der Waals surface area contributed by atoms with Gasteiger partial charge in [-0.3, -0.25) is 9.42 Å². The second-order valence-electron chi connectivity index (χ2n) is 6.16. The standard InChI is InChI=1S/C12H20NO4P/c1-18(2,3)17-11(16)13-8-9-5-4-6-12(13,7-9)10(14)15/h9H,4-8H2,1-3H3/p+1/t9?,12-/m1/s1. The highest BCUT2D eigenvalue weighted by molar-refractivity contribution is 7.69. The molecule has 0 aromatic rings. The van der Waals surface area contributed by atoms with E-state index in [1.54, 1.807) is 0 Å². The van der Waals surface area contributed by atoms with Gasteiger partial charge < -0.3 is 5.11 Å². The topological polar surface area (TPSA) is 66.8 Å². The van der Waals surface area contributed by atoms with Crippen LogP contribution in [0.2, 0.25) is 0 Å². The van der Waals surface area contributed by atoms with E-state index in [-0.39, 0.29) is 0 Å². The number of hydrogen-bond donors (Lipinski definition) is 1. The first-order valence-corrected chi connectivity index (χ1v) is 9.35. The van der Waals surface area contributed by atoms with Crippen molar-refractivity contribution in [3.63, 3.8) is 0 Å².